The van der Waals surface area contributed by atoms with Crippen molar-refractivity contribution in [1.82, 2.24) is 5.32 Å². The van der Waals surface area contributed by atoms with Gasteiger partial charge >= 0.3 is 6.03 Å². The molecular weight excluding hydrogens is 240 g/mol. The number of carbonyl (C=O) groups excluding carboxylic acids is 1. The van der Waals surface area contributed by atoms with Gasteiger partial charge in [0, 0.05) is 12.2 Å². The molecule has 1 aromatic heterocycles. The SMILES string of the molecule is Cc1cc(C)cc(NC(=O)NCCc2ccoc2)c1. The van der Waals surface area contributed by atoms with E-state index in [1.54, 1.807) is 12.5 Å². The highest BCUT2D eigenvalue weighted by molar-refractivity contribution is 5.89. The van der Waals surface area contributed by atoms with Crippen LogP contribution in [0.1, 0.15) is 16.7 Å². The van der Waals surface area contributed by atoms with Crippen LogP contribution in [0, 0.1) is 13.8 Å². The smallest absolute Gasteiger partial charge is 0.319 e. The van der Waals surface area contributed by atoms with Crippen LogP contribution < -0.4 is 10.6 Å². The normalized spacial score (nSPS) is 10.2. The third-order valence-electron chi connectivity index (χ3n) is 2.76. The minimum Gasteiger partial charge on any atom is -0.472 e. The fraction of sp³-hybridized carbons (Fsp3) is 0.267. The van der Waals surface area contributed by atoms with Crippen LogP contribution in [-0.2, 0) is 6.42 Å². The van der Waals surface area contributed by atoms with Crippen LogP contribution in [0.25, 0.3) is 0 Å². The van der Waals surface area contributed by atoms with Gasteiger partial charge in [0.15, 0.2) is 0 Å². The Kier molecular flexibility index (Phi) is 4.23. The third-order valence-corrected chi connectivity index (χ3v) is 2.76. The van der Waals surface area contributed by atoms with Crippen molar-refractivity contribution < 1.29 is 9.21 Å². The summed E-state index contributed by atoms with van der Waals surface area (Å²) < 4.78 is 4.97. The van der Waals surface area contributed by atoms with Crippen LogP contribution in [0.2, 0.25) is 0 Å². The van der Waals surface area contributed by atoms with E-state index in [2.05, 4.69) is 16.7 Å². The van der Waals surface area contributed by atoms with E-state index in [-0.39, 0.29) is 6.03 Å². The van der Waals surface area contributed by atoms with E-state index in [0.29, 0.717) is 6.54 Å². The molecule has 4 heteroatoms. The van der Waals surface area contributed by atoms with Gasteiger partial charge in [-0.3, -0.25) is 0 Å². The van der Waals surface area contributed by atoms with Crippen LogP contribution in [0.4, 0.5) is 10.5 Å². The first-order valence-electron chi connectivity index (χ1n) is 6.28. The summed E-state index contributed by atoms with van der Waals surface area (Å²) >= 11 is 0. The molecule has 100 valence electrons. The number of hydrogen-bond donors (Lipinski definition) is 2. The second-order valence-corrected chi connectivity index (χ2v) is 4.64. The van der Waals surface area contributed by atoms with Gasteiger partial charge in [0.1, 0.15) is 0 Å². The topological polar surface area (TPSA) is 54.3 Å². The maximum absolute atomic E-state index is 11.7. The fourth-order valence-electron chi connectivity index (χ4n) is 1.98. The lowest BCUT2D eigenvalue weighted by molar-refractivity contribution is 0.252. The van der Waals surface area contributed by atoms with Gasteiger partial charge in [0.25, 0.3) is 0 Å². The first kappa shape index (κ1) is 13.2. The van der Waals surface area contributed by atoms with Gasteiger partial charge in [0.05, 0.1) is 12.5 Å². The maximum atomic E-state index is 11.7. The van der Waals surface area contributed by atoms with Crippen molar-refractivity contribution in [2.45, 2.75) is 20.3 Å². The van der Waals surface area contributed by atoms with Gasteiger partial charge in [0.2, 0.25) is 0 Å². The van der Waals surface area contributed by atoms with E-state index in [9.17, 15) is 4.79 Å². The number of carbonyl (C=O) groups is 1. The number of amides is 2. The largest absolute Gasteiger partial charge is 0.472 e. The molecule has 0 atom stereocenters. The maximum Gasteiger partial charge on any atom is 0.319 e. The molecule has 0 fully saturated rings. The number of benzene rings is 1. The van der Waals surface area contributed by atoms with Crippen LogP contribution in [-0.4, -0.2) is 12.6 Å². The number of aryl methyl sites for hydroxylation is 2. The molecule has 1 heterocycles. The molecule has 2 amide bonds. The van der Waals surface area contributed by atoms with Crippen molar-refractivity contribution in [3.05, 3.63) is 53.5 Å². The average Bonchev–Trinajstić information content (AvgIpc) is 2.80. The second kappa shape index (κ2) is 6.09. The van der Waals surface area contributed by atoms with Gasteiger partial charge in [-0.2, -0.15) is 0 Å². The zero-order valence-corrected chi connectivity index (χ0v) is 11.2. The van der Waals surface area contributed by atoms with Gasteiger partial charge in [-0.25, -0.2) is 4.79 Å². The fourth-order valence-corrected chi connectivity index (χ4v) is 1.98. The number of urea groups is 1. The van der Waals surface area contributed by atoms with E-state index < -0.39 is 0 Å². The summed E-state index contributed by atoms with van der Waals surface area (Å²) in [4.78, 5) is 11.7. The Morgan fingerprint density at radius 2 is 1.95 bits per heavy atom. The molecule has 2 aromatic rings. The van der Waals surface area contributed by atoms with E-state index >= 15 is 0 Å². The monoisotopic (exact) mass is 258 g/mol. The number of anilines is 1. The lowest BCUT2D eigenvalue weighted by Crippen LogP contribution is -2.30. The van der Waals surface area contributed by atoms with E-state index in [4.69, 9.17) is 4.42 Å². The first-order chi connectivity index (χ1) is 9.13. The molecule has 0 bridgehead atoms. The lowest BCUT2D eigenvalue weighted by atomic mass is 10.1. The van der Waals surface area contributed by atoms with Crippen molar-refractivity contribution in [2.75, 3.05) is 11.9 Å². The molecule has 0 unspecified atom stereocenters. The van der Waals surface area contributed by atoms with Gasteiger partial charge in [-0.05, 0) is 55.2 Å². The Morgan fingerprint density at radius 1 is 1.21 bits per heavy atom. The van der Waals surface area contributed by atoms with Crippen molar-refractivity contribution in [3.8, 4) is 0 Å². The van der Waals surface area contributed by atoms with Gasteiger partial charge in [-0.1, -0.05) is 6.07 Å². The van der Waals surface area contributed by atoms with Gasteiger partial charge < -0.3 is 15.1 Å². The minimum absolute atomic E-state index is 0.187. The number of hydrogen-bond acceptors (Lipinski definition) is 2. The van der Waals surface area contributed by atoms with Crippen LogP contribution in [0.15, 0.2) is 41.2 Å². The molecule has 0 saturated carbocycles. The number of nitrogens with one attached hydrogen (secondary N) is 2. The Labute approximate surface area is 112 Å². The van der Waals surface area contributed by atoms with Crippen molar-refractivity contribution in [3.63, 3.8) is 0 Å². The summed E-state index contributed by atoms with van der Waals surface area (Å²) in [6, 6.07) is 7.67. The summed E-state index contributed by atoms with van der Waals surface area (Å²) in [5.74, 6) is 0. The molecule has 0 saturated heterocycles. The quantitative estimate of drug-likeness (QED) is 0.884. The van der Waals surface area contributed by atoms with Gasteiger partial charge in [-0.15, -0.1) is 0 Å². The Balaban J connectivity index is 1.80. The molecule has 2 N–H and O–H groups in total. The summed E-state index contributed by atoms with van der Waals surface area (Å²) in [5, 5.41) is 5.65. The lowest BCUT2D eigenvalue weighted by Gasteiger charge is -2.08. The molecule has 0 radical (unpaired) electrons. The molecular formula is C15H18N2O2. The predicted molar refractivity (Wildman–Crippen MR) is 75.3 cm³/mol. The molecule has 1 aromatic carbocycles. The highest BCUT2D eigenvalue weighted by atomic mass is 16.3. The molecule has 0 aliphatic rings. The Morgan fingerprint density at radius 3 is 2.58 bits per heavy atom. The highest BCUT2D eigenvalue weighted by Crippen LogP contribution is 2.13. The number of rotatable bonds is 4. The molecule has 0 aliphatic carbocycles. The summed E-state index contributed by atoms with van der Waals surface area (Å²) in [7, 11) is 0. The molecule has 2 rings (SSSR count). The van der Waals surface area contributed by atoms with Crippen LogP contribution in [0.3, 0.4) is 0 Å². The van der Waals surface area contributed by atoms with E-state index in [0.717, 1.165) is 28.8 Å². The number of furan rings is 1. The Bertz CT molecular complexity index is 527. The van der Waals surface area contributed by atoms with Crippen molar-refractivity contribution in [1.29, 1.82) is 0 Å². The van der Waals surface area contributed by atoms with E-state index in [1.807, 2.05) is 32.0 Å². The van der Waals surface area contributed by atoms with Crippen molar-refractivity contribution in [2.24, 2.45) is 0 Å². The predicted octanol–water partition coefficient (Wildman–Crippen LogP) is 3.26. The van der Waals surface area contributed by atoms with Crippen LogP contribution >= 0.6 is 0 Å². The molecule has 4 nitrogen and oxygen atoms in total. The van der Waals surface area contributed by atoms with Crippen LogP contribution in [0.5, 0.6) is 0 Å². The average molecular weight is 258 g/mol. The zero-order chi connectivity index (χ0) is 13.7. The highest BCUT2D eigenvalue weighted by Gasteiger charge is 2.02. The molecule has 0 aliphatic heterocycles. The molecule has 19 heavy (non-hydrogen) atoms. The third kappa shape index (κ3) is 4.17. The summed E-state index contributed by atoms with van der Waals surface area (Å²) in [6.07, 6.45) is 4.07. The van der Waals surface area contributed by atoms with E-state index in [1.165, 1.54) is 0 Å². The second-order valence-electron chi connectivity index (χ2n) is 4.64. The molecule has 0 spiro atoms. The summed E-state index contributed by atoms with van der Waals surface area (Å²) in [6.45, 7) is 4.60. The van der Waals surface area contributed by atoms with Crippen molar-refractivity contribution >= 4 is 11.7 Å². The zero-order valence-electron chi connectivity index (χ0n) is 11.2. The Hall–Kier alpha value is -2.23. The minimum atomic E-state index is -0.187. The summed E-state index contributed by atoms with van der Waals surface area (Å²) in [5.41, 5.74) is 4.16. The standard InChI is InChI=1S/C15H18N2O2/c1-11-7-12(2)9-14(8-11)17-15(18)16-5-3-13-4-6-19-10-13/h4,6-10H,3,5H2,1-2H3,(H2,16,17,18). The first-order valence-corrected chi connectivity index (χ1v) is 6.28.